The molecule has 66 valence electrons. The van der Waals surface area contributed by atoms with Crippen molar-refractivity contribution in [1.29, 1.82) is 0 Å². The molecule has 0 aromatic heterocycles. The van der Waals surface area contributed by atoms with Crippen LogP contribution in [0.3, 0.4) is 0 Å². The number of ketones is 1. The van der Waals surface area contributed by atoms with E-state index in [4.69, 9.17) is 0 Å². The molecule has 0 aliphatic heterocycles. The van der Waals surface area contributed by atoms with Crippen LogP contribution in [0, 0.1) is 5.92 Å². The second-order valence-electron chi connectivity index (χ2n) is 3.04. The van der Waals surface area contributed by atoms with Crippen molar-refractivity contribution in [3.05, 3.63) is 0 Å². The molecule has 0 aromatic carbocycles. The first-order valence-electron chi connectivity index (χ1n) is 3.96. The number of hydrogen-bond donors (Lipinski definition) is 1. The van der Waals surface area contributed by atoms with Crippen LogP contribution in [0.4, 0.5) is 0 Å². The van der Waals surface area contributed by atoms with E-state index >= 15 is 0 Å². The van der Waals surface area contributed by atoms with Crippen LogP contribution < -0.4 is 5.32 Å². The SMILES string of the molecule is O=CNC(CC1CC1)C(=O)C=O. The van der Waals surface area contributed by atoms with Gasteiger partial charge in [-0.05, 0) is 12.3 Å². The van der Waals surface area contributed by atoms with Crippen molar-refractivity contribution in [2.75, 3.05) is 0 Å². The standard InChI is InChI=1S/C8H11NO3/c10-4-8(12)7(9-5-11)3-6-1-2-6/h4-7H,1-3H2,(H,9,11). The maximum Gasteiger partial charge on any atom is 0.217 e. The van der Waals surface area contributed by atoms with Gasteiger partial charge in [-0.2, -0.15) is 0 Å². The Bertz CT molecular complexity index is 198. The van der Waals surface area contributed by atoms with E-state index in [1.54, 1.807) is 0 Å². The van der Waals surface area contributed by atoms with Crippen molar-refractivity contribution >= 4 is 18.5 Å². The van der Waals surface area contributed by atoms with Crippen LogP contribution in [0.5, 0.6) is 0 Å². The second kappa shape index (κ2) is 3.99. The molecule has 0 heterocycles. The number of nitrogens with one attached hydrogen (secondary N) is 1. The van der Waals surface area contributed by atoms with E-state index in [1.807, 2.05) is 0 Å². The first kappa shape index (κ1) is 8.90. The highest BCUT2D eigenvalue weighted by Crippen LogP contribution is 2.33. The van der Waals surface area contributed by atoms with Crippen LogP contribution in [0.15, 0.2) is 0 Å². The maximum absolute atomic E-state index is 10.9. The molecule has 4 nitrogen and oxygen atoms in total. The second-order valence-corrected chi connectivity index (χ2v) is 3.04. The molecule has 1 fully saturated rings. The Morgan fingerprint density at radius 3 is 2.58 bits per heavy atom. The van der Waals surface area contributed by atoms with E-state index in [-0.39, 0.29) is 6.29 Å². The molecule has 1 aliphatic rings. The Labute approximate surface area is 70.3 Å². The number of hydrogen-bond acceptors (Lipinski definition) is 3. The van der Waals surface area contributed by atoms with Crippen molar-refractivity contribution in [2.24, 2.45) is 5.92 Å². The fourth-order valence-corrected chi connectivity index (χ4v) is 1.12. The van der Waals surface area contributed by atoms with Crippen molar-refractivity contribution in [3.63, 3.8) is 0 Å². The zero-order valence-corrected chi connectivity index (χ0v) is 6.66. The van der Waals surface area contributed by atoms with Gasteiger partial charge in [-0.1, -0.05) is 12.8 Å². The Balaban J connectivity index is 2.39. The third-order valence-electron chi connectivity index (χ3n) is 1.99. The zero-order chi connectivity index (χ0) is 8.97. The van der Waals surface area contributed by atoms with Gasteiger partial charge in [-0.25, -0.2) is 0 Å². The molecule has 0 saturated heterocycles. The Kier molecular flexibility index (Phi) is 2.96. The summed E-state index contributed by atoms with van der Waals surface area (Å²) in [4.78, 5) is 31.1. The summed E-state index contributed by atoms with van der Waals surface area (Å²) >= 11 is 0. The summed E-state index contributed by atoms with van der Waals surface area (Å²) < 4.78 is 0. The van der Waals surface area contributed by atoms with E-state index in [1.165, 1.54) is 0 Å². The highest BCUT2D eigenvalue weighted by Gasteiger charge is 2.28. The normalized spacial score (nSPS) is 18.0. The minimum absolute atomic E-state index is 0.267. The van der Waals surface area contributed by atoms with Crippen LogP contribution >= 0.6 is 0 Å². The fourth-order valence-electron chi connectivity index (χ4n) is 1.12. The third kappa shape index (κ3) is 2.45. The lowest BCUT2D eigenvalue weighted by molar-refractivity contribution is -0.132. The van der Waals surface area contributed by atoms with Crippen molar-refractivity contribution in [3.8, 4) is 0 Å². The Hall–Kier alpha value is -1.19. The highest BCUT2D eigenvalue weighted by atomic mass is 16.2. The number of Topliss-reactive ketones (excluding diaryl/α,β-unsaturated/α-hetero) is 1. The summed E-state index contributed by atoms with van der Waals surface area (Å²) in [6.07, 6.45) is 3.54. The summed E-state index contributed by atoms with van der Waals surface area (Å²) in [6.45, 7) is 0. The van der Waals surface area contributed by atoms with Gasteiger partial charge in [0.05, 0.1) is 6.04 Å². The predicted octanol–water partition coefficient (Wildman–Crippen LogP) is -0.331. The van der Waals surface area contributed by atoms with Gasteiger partial charge in [0.1, 0.15) is 0 Å². The molecule has 1 amide bonds. The average molecular weight is 169 g/mol. The van der Waals surface area contributed by atoms with Crippen LogP contribution in [-0.2, 0) is 14.4 Å². The van der Waals surface area contributed by atoms with E-state index in [0.717, 1.165) is 12.8 Å². The van der Waals surface area contributed by atoms with Gasteiger partial charge in [0.2, 0.25) is 12.2 Å². The summed E-state index contributed by atoms with van der Waals surface area (Å²) in [5.74, 6) is -0.0136. The van der Waals surface area contributed by atoms with Gasteiger partial charge < -0.3 is 5.32 Å². The lowest BCUT2D eigenvalue weighted by Crippen LogP contribution is -2.36. The van der Waals surface area contributed by atoms with Crippen LogP contribution in [-0.4, -0.2) is 24.5 Å². The maximum atomic E-state index is 10.9. The number of carbonyl (C=O) groups is 3. The first-order chi connectivity index (χ1) is 5.77. The molecule has 1 atom stereocenters. The van der Waals surface area contributed by atoms with Crippen molar-refractivity contribution < 1.29 is 14.4 Å². The molecular formula is C8H11NO3. The molecule has 1 N–H and O–H groups in total. The van der Waals surface area contributed by atoms with Crippen molar-refractivity contribution in [2.45, 2.75) is 25.3 Å². The van der Waals surface area contributed by atoms with Gasteiger partial charge in [0, 0.05) is 0 Å². The quantitative estimate of drug-likeness (QED) is 0.437. The highest BCUT2D eigenvalue weighted by molar-refractivity contribution is 6.27. The van der Waals surface area contributed by atoms with Gasteiger partial charge in [0.15, 0.2) is 6.29 Å². The van der Waals surface area contributed by atoms with Crippen LogP contribution in [0.2, 0.25) is 0 Å². The first-order valence-corrected chi connectivity index (χ1v) is 3.96. The molecule has 0 aromatic rings. The van der Waals surface area contributed by atoms with Gasteiger partial charge in [0.25, 0.3) is 0 Å². The average Bonchev–Trinajstić information content (AvgIpc) is 2.86. The third-order valence-corrected chi connectivity index (χ3v) is 1.99. The molecule has 4 heteroatoms. The van der Waals surface area contributed by atoms with E-state index in [2.05, 4.69) is 5.32 Å². The van der Waals surface area contributed by atoms with E-state index in [0.29, 0.717) is 18.7 Å². The molecule has 0 radical (unpaired) electrons. The summed E-state index contributed by atoms with van der Waals surface area (Å²) in [5, 5.41) is 2.34. The Morgan fingerprint density at radius 2 is 2.17 bits per heavy atom. The molecule has 12 heavy (non-hydrogen) atoms. The van der Waals surface area contributed by atoms with Crippen LogP contribution in [0.1, 0.15) is 19.3 Å². The van der Waals surface area contributed by atoms with Gasteiger partial charge in [-0.15, -0.1) is 0 Å². The number of carbonyl (C=O) groups excluding carboxylic acids is 3. The molecular weight excluding hydrogens is 158 g/mol. The van der Waals surface area contributed by atoms with Crippen molar-refractivity contribution in [1.82, 2.24) is 5.32 Å². The number of aldehydes is 1. The lowest BCUT2D eigenvalue weighted by atomic mass is 10.1. The van der Waals surface area contributed by atoms with Crippen LogP contribution in [0.25, 0.3) is 0 Å². The molecule has 1 aliphatic carbocycles. The fraction of sp³-hybridized carbons (Fsp3) is 0.625. The van der Waals surface area contributed by atoms with Gasteiger partial charge in [-0.3, -0.25) is 14.4 Å². The summed E-state index contributed by atoms with van der Waals surface area (Å²) in [7, 11) is 0. The molecule has 0 spiro atoms. The summed E-state index contributed by atoms with van der Waals surface area (Å²) in [6, 6.07) is -0.590. The number of amides is 1. The Morgan fingerprint density at radius 1 is 1.50 bits per heavy atom. The minimum Gasteiger partial charge on any atom is -0.348 e. The lowest BCUT2D eigenvalue weighted by Gasteiger charge is -2.09. The number of rotatable bonds is 6. The van der Waals surface area contributed by atoms with Gasteiger partial charge >= 0.3 is 0 Å². The molecule has 1 saturated carbocycles. The van der Waals surface area contributed by atoms with E-state index in [9.17, 15) is 14.4 Å². The minimum atomic E-state index is -0.590. The smallest absolute Gasteiger partial charge is 0.217 e. The monoisotopic (exact) mass is 169 g/mol. The molecule has 1 unspecified atom stereocenters. The predicted molar refractivity (Wildman–Crippen MR) is 41.4 cm³/mol. The van der Waals surface area contributed by atoms with E-state index < -0.39 is 11.8 Å². The molecule has 1 rings (SSSR count). The zero-order valence-electron chi connectivity index (χ0n) is 6.66. The largest absolute Gasteiger partial charge is 0.348 e. The molecule has 0 bridgehead atoms. The summed E-state index contributed by atoms with van der Waals surface area (Å²) in [5.41, 5.74) is 0. The topological polar surface area (TPSA) is 63.2 Å².